The van der Waals surface area contributed by atoms with Gasteiger partial charge in [-0.15, -0.1) is 0 Å². The van der Waals surface area contributed by atoms with E-state index in [0.29, 0.717) is 12.2 Å². The van der Waals surface area contributed by atoms with Gasteiger partial charge in [0.2, 0.25) is 0 Å². The normalized spacial score (nSPS) is 10.9. The number of halogens is 4. The predicted octanol–water partition coefficient (Wildman–Crippen LogP) is 2.15. The minimum Gasteiger partial charge on any atom is -0.314 e. The van der Waals surface area contributed by atoms with E-state index in [1.807, 2.05) is 0 Å². The maximum atomic E-state index is 13.5. The topological polar surface area (TPSA) is 29.9 Å². The van der Waals surface area contributed by atoms with Crippen molar-refractivity contribution in [1.29, 1.82) is 0 Å². The molecule has 0 saturated heterocycles. The lowest BCUT2D eigenvalue weighted by Gasteiger charge is -2.06. The monoisotopic (exact) mass is 259 g/mol. The van der Waals surface area contributed by atoms with Crippen LogP contribution < -0.4 is 5.32 Å². The Morgan fingerprint density at radius 1 is 1.17 bits per heavy atom. The maximum absolute atomic E-state index is 13.5. The number of rotatable bonds is 3. The molecule has 0 fully saturated rings. The Balaban J connectivity index is 2.55. The van der Waals surface area contributed by atoms with Crippen LogP contribution in [-0.4, -0.2) is 16.8 Å². The second-order valence-corrected chi connectivity index (χ2v) is 3.60. The molecule has 0 amide bonds. The van der Waals surface area contributed by atoms with Gasteiger partial charge in [-0.2, -0.15) is 5.10 Å². The third kappa shape index (κ3) is 2.08. The van der Waals surface area contributed by atoms with Gasteiger partial charge < -0.3 is 5.32 Å². The molecule has 0 saturated carbocycles. The van der Waals surface area contributed by atoms with Gasteiger partial charge in [0.1, 0.15) is 5.69 Å². The van der Waals surface area contributed by atoms with Gasteiger partial charge in [-0.25, -0.2) is 22.2 Å². The molecular weight excluding hydrogens is 250 g/mol. The average molecular weight is 259 g/mol. The van der Waals surface area contributed by atoms with E-state index in [-0.39, 0.29) is 6.07 Å². The lowest BCUT2D eigenvalue weighted by atomic mass is 10.2. The van der Waals surface area contributed by atoms with E-state index in [1.165, 1.54) is 12.3 Å². The van der Waals surface area contributed by atoms with Crippen molar-refractivity contribution >= 4 is 0 Å². The van der Waals surface area contributed by atoms with Gasteiger partial charge in [0, 0.05) is 18.8 Å². The summed E-state index contributed by atoms with van der Waals surface area (Å²) in [5.41, 5.74) is -0.379. The summed E-state index contributed by atoms with van der Waals surface area (Å²) >= 11 is 0. The van der Waals surface area contributed by atoms with Crippen LogP contribution in [0.2, 0.25) is 0 Å². The molecular formula is C11H9F4N3. The molecule has 2 rings (SSSR count). The average Bonchev–Trinajstić information content (AvgIpc) is 2.76. The van der Waals surface area contributed by atoms with E-state index in [2.05, 4.69) is 10.4 Å². The van der Waals surface area contributed by atoms with E-state index < -0.39 is 29.0 Å². The van der Waals surface area contributed by atoms with Crippen LogP contribution in [0.4, 0.5) is 17.6 Å². The molecule has 7 heteroatoms. The highest BCUT2D eigenvalue weighted by Crippen LogP contribution is 2.22. The van der Waals surface area contributed by atoms with E-state index >= 15 is 0 Å². The molecule has 3 nitrogen and oxygen atoms in total. The SMILES string of the molecule is CNCc1ccn(-c2c(F)c(F)cc(F)c2F)n1. The third-order valence-corrected chi connectivity index (χ3v) is 2.32. The second kappa shape index (κ2) is 4.77. The van der Waals surface area contributed by atoms with Gasteiger partial charge in [-0.3, -0.25) is 0 Å². The largest absolute Gasteiger partial charge is 0.314 e. The Morgan fingerprint density at radius 2 is 1.78 bits per heavy atom. The van der Waals surface area contributed by atoms with Crippen LogP contribution in [0, 0.1) is 23.3 Å². The highest BCUT2D eigenvalue weighted by Gasteiger charge is 2.21. The van der Waals surface area contributed by atoms with Gasteiger partial charge >= 0.3 is 0 Å². The van der Waals surface area contributed by atoms with Crippen molar-refractivity contribution in [2.75, 3.05) is 7.05 Å². The molecule has 0 radical (unpaired) electrons. The fourth-order valence-corrected chi connectivity index (χ4v) is 1.52. The summed E-state index contributed by atoms with van der Waals surface area (Å²) in [4.78, 5) is 0. The Hall–Kier alpha value is -1.89. The molecule has 0 spiro atoms. The fourth-order valence-electron chi connectivity index (χ4n) is 1.52. The Morgan fingerprint density at radius 3 is 2.33 bits per heavy atom. The van der Waals surface area contributed by atoms with Crippen LogP contribution in [0.15, 0.2) is 18.3 Å². The number of nitrogens with one attached hydrogen (secondary N) is 1. The van der Waals surface area contributed by atoms with Crippen LogP contribution >= 0.6 is 0 Å². The van der Waals surface area contributed by atoms with Crippen molar-refractivity contribution in [3.8, 4) is 5.69 Å². The summed E-state index contributed by atoms with van der Waals surface area (Å²) in [6.45, 7) is 0.369. The van der Waals surface area contributed by atoms with Crippen molar-refractivity contribution in [3.63, 3.8) is 0 Å². The molecule has 0 aliphatic carbocycles. The molecule has 0 aliphatic heterocycles. The zero-order valence-corrected chi connectivity index (χ0v) is 9.35. The molecule has 0 unspecified atom stereocenters. The van der Waals surface area contributed by atoms with E-state index in [9.17, 15) is 17.6 Å². The van der Waals surface area contributed by atoms with Crippen LogP contribution in [0.1, 0.15) is 5.69 Å². The molecule has 1 aromatic carbocycles. The van der Waals surface area contributed by atoms with E-state index in [1.54, 1.807) is 7.05 Å². The van der Waals surface area contributed by atoms with Crippen molar-refractivity contribution in [2.45, 2.75) is 6.54 Å². The third-order valence-electron chi connectivity index (χ3n) is 2.32. The van der Waals surface area contributed by atoms with Gasteiger partial charge in [0.05, 0.1) is 5.69 Å². The number of hydrogen-bond donors (Lipinski definition) is 1. The van der Waals surface area contributed by atoms with Crippen molar-refractivity contribution in [1.82, 2.24) is 15.1 Å². The first-order valence-corrected chi connectivity index (χ1v) is 5.07. The zero-order valence-electron chi connectivity index (χ0n) is 9.35. The van der Waals surface area contributed by atoms with Crippen LogP contribution in [0.25, 0.3) is 5.69 Å². The van der Waals surface area contributed by atoms with Crippen LogP contribution in [0.5, 0.6) is 0 Å². The summed E-state index contributed by atoms with van der Waals surface area (Å²) < 4.78 is 53.7. The first-order chi connectivity index (χ1) is 8.54. The first-order valence-electron chi connectivity index (χ1n) is 5.07. The van der Waals surface area contributed by atoms with Gasteiger partial charge in [0.15, 0.2) is 23.3 Å². The minimum atomic E-state index is -1.48. The molecule has 2 aromatic rings. The summed E-state index contributed by atoms with van der Waals surface area (Å²) in [5, 5.41) is 6.60. The zero-order chi connectivity index (χ0) is 13.3. The molecule has 1 aromatic heterocycles. The second-order valence-electron chi connectivity index (χ2n) is 3.60. The highest BCUT2D eigenvalue weighted by atomic mass is 19.2. The first kappa shape index (κ1) is 12.6. The smallest absolute Gasteiger partial charge is 0.187 e. The number of benzene rings is 1. The molecule has 96 valence electrons. The number of aromatic nitrogens is 2. The van der Waals surface area contributed by atoms with Gasteiger partial charge in [0.25, 0.3) is 0 Å². The van der Waals surface area contributed by atoms with Gasteiger partial charge in [-0.1, -0.05) is 0 Å². The lowest BCUT2D eigenvalue weighted by molar-refractivity contribution is 0.444. The molecule has 0 bridgehead atoms. The summed E-state index contributed by atoms with van der Waals surface area (Å²) in [7, 11) is 1.67. The molecule has 1 heterocycles. The lowest BCUT2D eigenvalue weighted by Crippen LogP contribution is -2.09. The van der Waals surface area contributed by atoms with Crippen molar-refractivity contribution < 1.29 is 17.6 Å². The molecule has 1 N–H and O–H groups in total. The standard InChI is InChI=1S/C11H9F4N3/c1-16-5-6-2-3-18(17-6)11-9(14)7(12)4-8(13)10(11)15/h2-4,16H,5H2,1H3. The molecule has 18 heavy (non-hydrogen) atoms. The maximum Gasteiger partial charge on any atom is 0.187 e. The van der Waals surface area contributed by atoms with Crippen molar-refractivity contribution in [2.24, 2.45) is 0 Å². The molecule has 0 atom stereocenters. The van der Waals surface area contributed by atoms with Crippen LogP contribution in [-0.2, 0) is 6.54 Å². The quantitative estimate of drug-likeness (QED) is 0.676. The Kier molecular flexibility index (Phi) is 3.33. The summed E-state index contributed by atoms with van der Waals surface area (Å²) in [5.74, 6) is -5.88. The summed E-state index contributed by atoms with van der Waals surface area (Å²) in [6.07, 6.45) is 1.23. The predicted molar refractivity (Wildman–Crippen MR) is 56.2 cm³/mol. The molecule has 0 aliphatic rings. The fraction of sp³-hybridized carbons (Fsp3) is 0.182. The Bertz CT molecular complexity index is 554. The highest BCUT2D eigenvalue weighted by molar-refractivity contribution is 5.36. The summed E-state index contributed by atoms with van der Waals surface area (Å²) in [6, 6.07) is 1.64. The minimum absolute atomic E-state index is 0.159. The van der Waals surface area contributed by atoms with E-state index in [0.717, 1.165) is 4.68 Å². The van der Waals surface area contributed by atoms with Crippen molar-refractivity contribution in [3.05, 3.63) is 47.3 Å². The Labute approximate surface area is 100 Å². The number of hydrogen-bond acceptors (Lipinski definition) is 2. The van der Waals surface area contributed by atoms with E-state index in [4.69, 9.17) is 0 Å². The van der Waals surface area contributed by atoms with Crippen LogP contribution in [0.3, 0.4) is 0 Å². The van der Waals surface area contributed by atoms with Gasteiger partial charge in [-0.05, 0) is 13.1 Å². The number of nitrogens with zero attached hydrogens (tertiary/aromatic N) is 2.